The average Bonchev–Trinajstić information content (AvgIpc) is 2.83. The highest BCUT2D eigenvalue weighted by molar-refractivity contribution is 7.15. The topological polar surface area (TPSA) is 76.1 Å². The van der Waals surface area contributed by atoms with E-state index in [1.54, 1.807) is 19.9 Å². The maximum atomic E-state index is 13.6. The molecule has 0 unspecified atom stereocenters. The Morgan fingerprint density at radius 2 is 2.19 bits per heavy atom. The van der Waals surface area contributed by atoms with Gasteiger partial charge in [0.05, 0.1) is 13.2 Å². The summed E-state index contributed by atoms with van der Waals surface area (Å²) in [7, 11) is 1.40. The smallest absolute Gasteiger partial charge is 0.321 e. The van der Waals surface area contributed by atoms with E-state index in [2.05, 4.69) is 20.8 Å². The Labute approximate surface area is 125 Å². The lowest BCUT2D eigenvalue weighted by Gasteiger charge is -2.15. The monoisotopic (exact) mass is 310 g/mol. The number of aromatic nitrogens is 2. The van der Waals surface area contributed by atoms with E-state index in [0.29, 0.717) is 10.7 Å². The molecule has 1 heterocycles. The lowest BCUT2D eigenvalue weighted by molar-refractivity contribution is 0.249. The van der Waals surface area contributed by atoms with Gasteiger partial charge >= 0.3 is 6.03 Å². The highest BCUT2D eigenvalue weighted by Gasteiger charge is 2.13. The third kappa shape index (κ3) is 3.88. The zero-order valence-corrected chi connectivity index (χ0v) is 12.6. The van der Waals surface area contributed by atoms with Crippen molar-refractivity contribution in [2.24, 2.45) is 0 Å². The molecule has 0 fully saturated rings. The first-order valence-corrected chi connectivity index (χ1v) is 7.02. The molecule has 2 rings (SSSR count). The average molecular weight is 310 g/mol. The molecule has 0 aliphatic carbocycles. The van der Waals surface area contributed by atoms with Crippen LogP contribution in [0, 0.1) is 12.7 Å². The van der Waals surface area contributed by atoms with E-state index < -0.39 is 11.8 Å². The van der Waals surface area contributed by atoms with Crippen molar-refractivity contribution < 1.29 is 13.9 Å². The molecule has 0 saturated carbocycles. The number of nitrogens with zero attached hydrogens (tertiary/aromatic N) is 2. The molecular weight excluding hydrogens is 295 g/mol. The third-order valence-corrected chi connectivity index (χ3v) is 3.52. The summed E-state index contributed by atoms with van der Waals surface area (Å²) in [6.45, 7) is 3.55. The number of rotatable bonds is 4. The molecule has 8 heteroatoms. The summed E-state index contributed by atoms with van der Waals surface area (Å²) in [5.41, 5.74) is 0.636. The standard InChI is InChI=1S/C13H15FN4O2S/c1-7(9-4-5-11(20-3)10(14)6-9)15-12(19)16-13-18-17-8(2)21-13/h4-7H,1-3H3,(H2,15,16,18,19)/t7-/m0/s1. The maximum Gasteiger partial charge on any atom is 0.321 e. The second-order valence-corrected chi connectivity index (χ2v) is 5.52. The van der Waals surface area contributed by atoms with Crippen molar-refractivity contribution in [3.8, 4) is 5.75 Å². The van der Waals surface area contributed by atoms with Crippen LogP contribution in [-0.4, -0.2) is 23.3 Å². The number of ether oxygens (including phenoxy) is 1. The van der Waals surface area contributed by atoms with Crippen molar-refractivity contribution in [3.63, 3.8) is 0 Å². The molecule has 21 heavy (non-hydrogen) atoms. The number of anilines is 1. The van der Waals surface area contributed by atoms with Gasteiger partial charge in [0.2, 0.25) is 5.13 Å². The van der Waals surface area contributed by atoms with E-state index in [1.165, 1.54) is 30.6 Å². The molecule has 112 valence electrons. The molecule has 2 amide bonds. The van der Waals surface area contributed by atoms with Crippen LogP contribution in [0.4, 0.5) is 14.3 Å². The number of amides is 2. The van der Waals surface area contributed by atoms with Crippen LogP contribution in [0.3, 0.4) is 0 Å². The normalized spacial score (nSPS) is 11.8. The quantitative estimate of drug-likeness (QED) is 0.910. The first kappa shape index (κ1) is 15.2. The lowest BCUT2D eigenvalue weighted by Crippen LogP contribution is -2.31. The summed E-state index contributed by atoms with van der Waals surface area (Å²) < 4.78 is 18.5. The molecule has 2 N–H and O–H groups in total. The van der Waals surface area contributed by atoms with E-state index in [1.807, 2.05) is 0 Å². The molecular formula is C13H15FN4O2S. The molecule has 0 bridgehead atoms. The van der Waals surface area contributed by atoms with Crippen molar-refractivity contribution in [2.45, 2.75) is 19.9 Å². The summed E-state index contributed by atoms with van der Waals surface area (Å²) in [4.78, 5) is 11.8. The minimum absolute atomic E-state index is 0.166. The van der Waals surface area contributed by atoms with Crippen LogP contribution in [-0.2, 0) is 0 Å². The SMILES string of the molecule is COc1ccc([C@H](C)NC(=O)Nc2nnc(C)s2)cc1F. The zero-order valence-electron chi connectivity index (χ0n) is 11.8. The lowest BCUT2D eigenvalue weighted by atomic mass is 10.1. The Kier molecular flexibility index (Phi) is 4.69. The van der Waals surface area contributed by atoms with Crippen molar-refractivity contribution in [2.75, 3.05) is 12.4 Å². The van der Waals surface area contributed by atoms with Gasteiger partial charge in [0.25, 0.3) is 0 Å². The van der Waals surface area contributed by atoms with E-state index in [-0.39, 0.29) is 11.8 Å². The third-order valence-electron chi connectivity index (χ3n) is 2.77. The van der Waals surface area contributed by atoms with Gasteiger partial charge in [-0.25, -0.2) is 9.18 Å². The number of benzene rings is 1. The summed E-state index contributed by atoms with van der Waals surface area (Å²) in [5.74, 6) is -0.302. The van der Waals surface area contributed by atoms with Gasteiger partial charge in [-0.05, 0) is 31.5 Å². The number of hydrogen-bond acceptors (Lipinski definition) is 5. The second kappa shape index (κ2) is 6.49. The summed E-state index contributed by atoms with van der Waals surface area (Å²) in [5, 5.41) is 14.0. The van der Waals surface area contributed by atoms with Gasteiger partial charge in [0.1, 0.15) is 5.01 Å². The Morgan fingerprint density at radius 1 is 1.43 bits per heavy atom. The molecule has 1 atom stereocenters. The minimum Gasteiger partial charge on any atom is -0.494 e. The maximum absolute atomic E-state index is 13.6. The van der Waals surface area contributed by atoms with Crippen LogP contribution < -0.4 is 15.4 Å². The van der Waals surface area contributed by atoms with Crippen LogP contribution in [0.5, 0.6) is 5.75 Å². The number of carbonyl (C=O) groups excluding carboxylic acids is 1. The number of aryl methyl sites for hydroxylation is 1. The van der Waals surface area contributed by atoms with Gasteiger partial charge in [0, 0.05) is 0 Å². The highest BCUT2D eigenvalue weighted by atomic mass is 32.1. The van der Waals surface area contributed by atoms with E-state index in [0.717, 1.165) is 5.01 Å². The van der Waals surface area contributed by atoms with Gasteiger partial charge in [0.15, 0.2) is 11.6 Å². The number of urea groups is 1. The number of methoxy groups -OCH3 is 1. The summed E-state index contributed by atoms with van der Waals surface area (Å²) in [6, 6.07) is 3.77. The number of hydrogen-bond donors (Lipinski definition) is 2. The number of carbonyl (C=O) groups is 1. The summed E-state index contributed by atoms with van der Waals surface area (Å²) >= 11 is 1.28. The van der Waals surface area contributed by atoms with Gasteiger partial charge in [-0.2, -0.15) is 0 Å². The van der Waals surface area contributed by atoms with Gasteiger partial charge in [-0.1, -0.05) is 17.4 Å². The Hall–Kier alpha value is -2.22. The first-order chi connectivity index (χ1) is 9.99. The highest BCUT2D eigenvalue weighted by Crippen LogP contribution is 2.22. The molecule has 1 aromatic carbocycles. The fraction of sp³-hybridized carbons (Fsp3) is 0.308. The van der Waals surface area contributed by atoms with Gasteiger partial charge < -0.3 is 10.1 Å². The fourth-order valence-electron chi connectivity index (χ4n) is 1.71. The minimum atomic E-state index is -0.469. The summed E-state index contributed by atoms with van der Waals surface area (Å²) in [6.07, 6.45) is 0. The van der Waals surface area contributed by atoms with Crippen LogP contribution >= 0.6 is 11.3 Å². The van der Waals surface area contributed by atoms with Crippen molar-refractivity contribution in [1.82, 2.24) is 15.5 Å². The Bertz CT molecular complexity index is 647. The molecule has 2 aromatic rings. The molecule has 0 saturated heterocycles. The van der Waals surface area contributed by atoms with E-state index in [9.17, 15) is 9.18 Å². The predicted octanol–water partition coefficient (Wildman–Crippen LogP) is 2.88. The van der Waals surface area contributed by atoms with Crippen LogP contribution in [0.25, 0.3) is 0 Å². The molecule has 0 aliphatic heterocycles. The second-order valence-electron chi connectivity index (χ2n) is 4.34. The Morgan fingerprint density at radius 3 is 2.76 bits per heavy atom. The molecule has 0 radical (unpaired) electrons. The molecule has 0 spiro atoms. The zero-order chi connectivity index (χ0) is 15.4. The predicted molar refractivity (Wildman–Crippen MR) is 78.2 cm³/mol. The van der Waals surface area contributed by atoms with Gasteiger partial charge in [-0.15, -0.1) is 10.2 Å². The van der Waals surface area contributed by atoms with E-state index >= 15 is 0 Å². The number of halogens is 1. The van der Waals surface area contributed by atoms with Crippen molar-refractivity contribution in [1.29, 1.82) is 0 Å². The van der Waals surface area contributed by atoms with Crippen LogP contribution in [0.15, 0.2) is 18.2 Å². The van der Waals surface area contributed by atoms with Crippen molar-refractivity contribution in [3.05, 3.63) is 34.6 Å². The molecule has 6 nitrogen and oxygen atoms in total. The van der Waals surface area contributed by atoms with E-state index in [4.69, 9.17) is 4.74 Å². The van der Waals surface area contributed by atoms with Crippen LogP contribution in [0.2, 0.25) is 0 Å². The Balaban J connectivity index is 1.98. The van der Waals surface area contributed by atoms with Crippen LogP contribution in [0.1, 0.15) is 23.5 Å². The number of nitrogens with one attached hydrogen (secondary N) is 2. The molecule has 1 aromatic heterocycles. The van der Waals surface area contributed by atoms with Gasteiger partial charge in [-0.3, -0.25) is 5.32 Å². The fourth-order valence-corrected chi connectivity index (χ4v) is 2.30. The van der Waals surface area contributed by atoms with Crippen molar-refractivity contribution >= 4 is 22.5 Å². The first-order valence-electron chi connectivity index (χ1n) is 6.20. The molecule has 0 aliphatic rings. The largest absolute Gasteiger partial charge is 0.494 e.